The van der Waals surface area contributed by atoms with E-state index in [0.717, 1.165) is 13.1 Å². The maximum atomic E-state index is 4.42. The van der Waals surface area contributed by atoms with Crippen molar-refractivity contribution < 1.29 is 0 Å². The van der Waals surface area contributed by atoms with Crippen molar-refractivity contribution in [2.24, 2.45) is 0 Å². The molecule has 4 nitrogen and oxygen atoms in total. The normalized spacial score (nSPS) is 24.7. The molecular weight excluding hydrogens is 296 g/mol. The van der Waals surface area contributed by atoms with Crippen LogP contribution in [-0.4, -0.2) is 23.1 Å². The zero-order chi connectivity index (χ0) is 16.2. The second-order valence-electron chi connectivity index (χ2n) is 6.93. The van der Waals surface area contributed by atoms with E-state index in [-0.39, 0.29) is 0 Å². The van der Waals surface area contributed by atoms with Gasteiger partial charge >= 0.3 is 0 Å². The van der Waals surface area contributed by atoms with Crippen molar-refractivity contribution in [2.45, 2.75) is 50.6 Å². The predicted molar refractivity (Wildman–Crippen MR) is 96.7 cm³/mol. The summed E-state index contributed by atoms with van der Waals surface area (Å²) >= 11 is 0. The fourth-order valence-electron chi connectivity index (χ4n) is 4.09. The molecule has 2 aromatic rings. The van der Waals surface area contributed by atoms with Gasteiger partial charge in [0.05, 0.1) is 0 Å². The third kappa shape index (κ3) is 3.21. The van der Waals surface area contributed by atoms with Gasteiger partial charge in [0.25, 0.3) is 0 Å². The maximum absolute atomic E-state index is 4.42. The molecule has 126 valence electrons. The van der Waals surface area contributed by atoms with Gasteiger partial charge in [0.15, 0.2) is 0 Å². The molecule has 0 spiro atoms. The molecule has 0 aliphatic carbocycles. The molecule has 4 rings (SSSR count). The predicted octanol–water partition coefficient (Wildman–Crippen LogP) is 3.77. The summed E-state index contributed by atoms with van der Waals surface area (Å²) in [4.78, 5) is 8.83. The largest absolute Gasteiger partial charge is 0.310 e. The first-order valence-corrected chi connectivity index (χ1v) is 9.28. The van der Waals surface area contributed by atoms with Gasteiger partial charge < -0.3 is 10.6 Å². The van der Waals surface area contributed by atoms with E-state index in [9.17, 15) is 0 Å². The summed E-state index contributed by atoms with van der Waals surface area (Å²) in [7, 11) is 0. The molecule has 2 aromatic heterocycles. The van der Waals surface area contributed by atoms with Crippen molar-refractivity contribution in [1.29, 1.82) is 0 Å². The van der Waals surface area contributed by atoms with Gasteiger partial charge in [-0.15, -0.1) is 0 Å². The first-order chi connectivity index (χ1) is 11.9. The topological polar surface area (TPSA) is 49.8 Å². The molecular formula is C20H26N4. The minimum Gasteiger partial charge on any atom is -0.310 e. The molecule has 4 heterocycles. The molecule has 0 radical (unpaired) electrons. The molecule has 2 unspecified atom stereocenters. The van der Waals surface area contributed by atoms with E-state index in [1.165, 1.54) is 60.8 Å². The number of piperidine rings is 2. The zero-order valence-electron chi connectivity index (χ0n) is 14.2. The molecule has 4 heteroatoms. The van der Waals surface area contributed by atoms with E-state index >= 15 is 0 Å². The summed E-state index contributed by atoms with van der Waals surface area (Å²) in [5.74, 6) is 0. The standard InChI is InChI=1S/C20H26N4/c1-3-9-23-19(5-1)17-13-21-11-7-15(17)16-8-12-22-14-18(16)20-6-2-4-10-24-20/h7-8,11-14,19-20,23-24H,1-6,9-10H2. The number of rotatable bonds is 3. The molecule has 2 saturated heterocycles. The maximum Gasteiger partial charge on any atom is 0.0341 e. The highest BCUT2D eigenvalue weighted by Gasteiger charge is 2.23. The van der Waals surface area contributed by atoms with Crippen LogP contribution in [0.2, 0.25) is 0 Å². The van der Waals surface area contributed by atoms with Gasteiger partial charge in [-0.25, -0.2) is 0 Å². The summed E-state index contributed by atoms with van der Waals surface area (Å²) in [6.07, 6.45) is 15.5. The second-order valence-corrected chi connectivity index (χ2v) is 6.93. The van der Waals surface area contributed by atoms with Gasteiger partial charge in [-0.3, -0.25) is 9.97 Å². The van der Waals surface area contributed by atoms with E-state index in [1.807, 2.05) is 12.4 Å². The van der Waals surface area contributed by atoms with Gasteiger partial charge in [-0.05, 0) is 73.2 Å². The monoisotopic (exact) mass is 322 g/mol. The summed E-state index contributed by atoms with van der Waals surface area (Å²) in [6, 6.07) is 5.19. The Morgan fingerprint density at radius 3 is 1.62 bits per heavy atom. The number of hydrogen-bond acceptors (Lipinski definition) is 4. The van der Waals surface area contributed by atoms with Crippen LogP contribution in [0.1, 0.15) is 61.7 Å². The molecule has 0 amide bonds. The molecule has 0 bridgehead atoms. The van der Waals surface area contributed by atoms with Crippen molar-refractivity contribution in [3.05, 3.63) is 48.0 Å². The van der Waals surface area contributed by atoms with E-state index in [0.29, 0.717) is 12.1 Å². The average Bonchev–Trinajstić information content (AvgIpc) is 2.69. The second kappa shape index (κ2) is 7.41. The fourth-order valence-corrected chi connectivity index (χ4v) is 4.09. The Labute approximate surface area is 144 Å². The van der Waals surface area contributed by atoms with Crippen molar-refractivity contribution in [3.63, 3.8) is 0 Å². The van der Waals surface area contributed by atoms with Crippen LogP contribution >= 0.6 is 0 Å². The van der Waals surface area contributed by atoms with Crippen LogP contribution in [0.25, 0.3) is 11.1 Å². The lowest BCUT2D eigenvalue weighted by atomic mass is 9.87. The number of nitrogens with zero attached hydrogens (tertiary/aromatic N) is 2. The Kier molecular flexibility index (Phi) is 4.86. The SMILES string of the molecule is c1cc(-c2ccncc2C2CCCCN2)c(C2CCCCN2)cn1. The highest BCUT2D eigenvalue weighted by Crippen LogP contribution is 2.36. The Bertz CT molecular complexity index is 613. The quantitative estimate of drug-likeness (QED) is 0.903. The third-order valence-corrected chi connectivity index (χ3v) is 5.37. The lowest BCUT2D eigenvalue weighted by molar-refractivity contribution is 0.410. The summed E-state index contributed by atoms with van der Waals surface area (Å²) in [5, 5.41) is 7.35. The molecule has 2 fully saturated rings. The molecule has 2 aliphatic heterocycles. The number of nitrogens with one attached hydrogen (secondary N) is 2. The molecule has 0 saturated carbocycles. The molecule has 2 aliphatic rings. The van der Waals surface area contributed by atoms with Crippen molar-refractivity contribution in [1.82, 2.24) is 20.6 Å². The molecule has 2 atom stereocenters. The first-order valence-electron chi connectivity index (χ1n) is 9.28. The van der Waals surface area contributed by atoms with Gasteiger partial charge in [0.1, 0.15) is 0 Å². The third-order valence-electron chi connectivity index (χ3n) is 5.37. The van der Waals surface area contributed by atoms with Crippen molar-refractivity contribution in [2.75, 3.05) is 13.1 Å². The molecule has 24 heavy (non-hydrogen) atoms. The van der Waals surface area contributed by atoms with Gasteiger partial charge in [-0.2, -0.15) is 0 Å². The van der Waals surface area contributed by atoms with Gasteiger partial charge in [-0.1, -0.05) is 12.8 Å². The van der Waals surface area contributed by atoms with E-state index in [1.54, 1.807) is 0 Å². The summed E-state index contributed by atoms with van der Waals surface area (Å²) < 4.78 is 0. The number of aromatic nitrogens is 2. The highest BCUT2D eigenvalue weighted by atomic mass is 14.9. The minimum atomic E-state index is 0.419. The van der Waals surface area contributed by atoms with Crippen LogP contribution in [0.3, 0.4) is 0 Å². The van der Waals surface area contributed by atoms with E-state index < -0.39 is 0 Å². The minimum absolute atomic E-state index is 0.419. The lowest BCUT2D eigenvalue weighted by Gasteiger charge is -2.28. The lowest BCUT2D eigenvalue weighted by Crippen LogP contribution is -2.28. The van der Waals surface area contributed by atoms with Gasteiger partial charge in [0, 0.05) is 36.9 Å². The van der Waals surface area contributed by atoms with Crippen LogP contribution in [0.5, 0.6) is 0 Å². The highest BCUT2D eigenvalue weighted by molar-refractivity contribution is 5.71. The summed E-state index contributed by atoms with van der Waals surface area (Å²) in [5.41, 5.74) is 5.30. The van der Waals surface area contributed by atoms with E-state index in [4.69, 9.17) is 0 Å². The van der Waals surface area contributed by atoms with Crippen molar-refractivity contribution >= 4 is 0 Å². The molecule has 2 N–H and O–H groups in total. The Balaban J connectivity index is 1.74. The van der Waals surface area contributed by atoms with Crippen LogP contribution in [0.4, 0.5) is 0 Å². The van der Waals surface area contributed by atoms with Crippen LogP contribution in [0.15, 0.2) is 36.9 Å². The van der Waals surface area contributed by atoms with Crippen molar-refractivity contribution in [3.8, 4) is 11.1 Å². The van der Waals surface area contributed by atoms with Gasteiger partial charge in [0.2, 0.25) is 0 Å². The van der Waals surface area contributed by atoms with Crippen LogP contribution in [0, 0.1) is 0 Å². The Hall–Kier alpha value is -1.78. The fraction of sp³-hybridized carbons (Fsp3) is 0.500. The summed E-state index contributed by atoms with van der Waals surface area (Å²) in [6.45, 7) is 2.21. The number of pyridine rings is 2. The zero-order valence-corrected chi connectivity index (χ0v) is 14.2. The number of hydrogen-bond donors (Lipinski definition) is 2. The average molecular weight is 322 g/mol. The Morgan fingerprint density at radius 2 is 1.21 bits per heavy atom. The Morgan fingerprint density at radius 1 is 0.708 bits per heavy atom. The molecule has 0 aromatic carbocycles. The van der Waals surface area contributed by atoms with Crippen LogP contribution < -0.4 is 10.6 Å². The van der Waals surface area contributed by atoms with E-state index in [2.05, 4.69) is 45.1 Å². The van der Waals surface area contributed by atoms with Crippen LogP contribution in [-0.2, 0) is 0 Å². The first kappa shape index (κ1) is 15.7. The smallest absolute Gasteiger partial charge is 0.0341 e.